The van der Waals surface area contributed by atoms with Gasteiger partial charge in [0.1, 0.15) is 0 Å². The van der Waals surface area contributed by atoms with Crippen LogP contribution >= 0.6 is 11.8 Å². The van der Waals surface area contributed by atoms with Crippen LogP contribution in [0.4, 0.5) is 0 Å². The molecule has 0 bridgehead atoms. The number of nitrogens with one attached hydrogen (secondary N) is 2. The van der Waals surface area contributed by atoms with Crippen molar-refractivity contribution >= 4 is 17.7 Å². The molecule has 0 aliphatic heterocycles. The number of rotatable bonds is 9. The van der Waals surface area contributed by atoms with Crippen LogP contribution in [-0.4, -0.2) is 44.3 Å². The van der Waals surface area contributed by atoms with E-state index in [1.165, 1.54) is 0 Å². The Hall–Kier alpha value is -1.96. The van der Waals surface area contributed by atoms with Crippen LogP contribution in [0.25, 0.3) is 0 Å². The van der Waals surface area contributed by atoms with Crippen molar-refractivity contribution in [3.8, 4) is 0 Å². The molecule has 8 heteroatoms. The molecule has 0 saturated heterocycles. The standard InChI is InChI=1S/C14H23N7S/c1-12-13(20-10-19-12)9-22-8-5-18-14(15)17-3-2-6-21-7-4-16-11-21/h4,7,10-11H,2-3,5-6,8-9H2,1H3,(H,19,20)(H3,15,17,18). The summed E-state index contributed by atoms with van der Waals surface area (Å²) >= 11 is 1.83. The highest BCUT2D eigenvalue weighted by molar-refractivity contribution is 7.98. The second-order valence-electron chi connectivity index (χ2n) is 4.87. The number of nitrogens with zero attached hydrogens (tertiary/aromatic N) is 4. The molecule has 0 atom stereocenters. The second-order valence-corrected chi connectivity index (χ2v) is 5.98. The Bertz CT molecular complexity index is 562. The molecular weight excluding hydrogens is 298 g/mol. The summed E-state index contributed by atoms with van der Waals surface area (Å²) in [6.07, 6.45) is 8.22. The zero-order chi connectivity index (χ0) is 15.6. The van der Waals surface area contributed by atoms with E-state index in [4.69, 9.17) is 5.73 Å². The Morgan fingerprint density at radius 1 is 1.55 bits per heavy atom. The Labute approximate surface area is 134 Å². The topological polar surface area (TPSA) is 96.9 Å². The third-order valence-electron chi connectivity index (χ3n) is 3.14. The minimum atomic E-state index is 0.516. The van der Waals surface area contributed by atoms with Crippen molar-refractivity contribution in [2.75, 3.05) is 18.8 Å². The largest absolute Gasteiger partial charge is 0.370 e. The maximum atomic E-state index is 5.83. The number of aryl methyl sites for hydroxylation is 2. The average molecular weight is 321 g/mol. The van der Waals surface area contributed by atoms with Gasteiger partial charge in [-0.15, -0.1) is 0 Å². The number of H-pyrrole nitrogens is 1. The van der Waals surface area contributed by atoms with E-state index >= 15 is 0 Å². The van der Waals surface area contributed by atoms with E-state index in [0.29, 0.717) is 5.96 Å². The summed E-state index contributed by atoms with van der Waals surface area (Å²) < 4.78 is 2.03. The number of aromatic nitrogens is 4. The molecule has 2 heterocycles. The molecular formula is C14H23N7S. The van der Waals surface area contributed by atoms with Gasteiger partial charge in [0, 0.05) is 49.2 Å². The quantitative estimate of drug-likeness (QED) is 0.366. The SMILES string of the molecule is Cc1[nH]cnc1CSCCNC(N)=NCCCn1ccnc1. The van der Waals surface area contributed by atoms with Crippen molar-refractivity contribution in [3.63, 3.8) is 0 Å². The number of nitrogens with two attached hydrogens (primary N) is 1. The molecule has 0 amide bonds. The Balaban J connectivity index is 1.50. The summed E-state index contributed by atoms with van der Waals surface area (Å²) in [5, 5.41) is 3.13. The third kappa shape index (κ3) is 5.80. The first-order valence-electron chi connectivity index (χ1n) is 7.32. The minimum absolute atomic E-state index is 0.516. The molecule has 7 nitrogen and oxygen atoms in total. The van der Waals surface area contributed by atoms with Gasteiger partial charge in [-0.1, -0.05) is 0 Å². The van der Waals surface area contributed by atoms with Crippen LogP contribution in [0.3, 0.4) is 0 Å². The van der Waals surface area contributed by atoms with Gasteiger partial charge in [-0.3, -0.25) is 4.99 Å². The average Bonchev–Trinajstić information content (AvgIpc) is 3.15. The predicted molar refractivity (Wildman–Crippen MR) is 90.8 cm³/mol. The first kappa shape index (κ1) is 16.4. The zero-order valence-corrected chi connectivity index (χ0v) is 13.6. The molecule has 2 aromatic heterocycles. The smallest absolute Gasteiger partial charge is 0.188 e. The van der Waals surface area contributed by atoms with Crippen LogP contribution in [0, 0.1) is 6.92 Å². The Morgan fingerprint density at radius 2 is 2.45 bits per heavy atom. The molecule has 2 aromatic rings. The maximum absolute atomic E-state index is 5.83. The van der Waals surface area contributed by atoms with Gasteiger partial charge in [0.25, 0.3) is 0 Å². The van der Waals surface area contributed by atoms with E-state index in [1.807, 2.05) is 35.8 Å². The van der Waals surface area contributed by atoms with Crippen molar-refractivity contribution in [1.29, 1.82) is 0 Å². The highest BCUT2D eigenvalue weighted by Crippen LogP contribution is 2.11. The fourth-order valence-corrected chi connectivity index (χ4v) is 2.76. The van der Waals surface area contributed by atoms with E-state index in [-0.39, 0.29) is 0 Å². The second kappa shape index (κ2) is 9.14. The Morgan fingerprint density at radius 3 is 3.18 bits per heavy atom. The van der Waals surface area contributed by atoms with Gasteiger partial charge in [-0.25, -0.2) is 9.97 Å². The zero-order valence-electron chi connectivity index (χ0n) is 12.8. The number of aromatic amines is 1. The number of hydrogen-bond acceptors (Lipinski definition) is 4. The molecule has 0 aliphatic rings. The molecule has 0 radical (unpaired) electrons. The number of hydrogen-bond donors (Lipinski definition) is 3. The van der Waals surface area contributed by atoms with Crippen LogP contribution in [0.5, 0.6) is 0 Å². The molecule has 4 N–H and O–H groups in total. The molecule has 2 rings (SSSR count). The summed E-state index contributed by atoms with van der Waals surface area (Å²) in [4.78, 5) is 15.7. The fourth-order valence-electron chi connectivity index (χ4n) is 1.88. The number of thioether (sulfide) groups is 1. The number of imidazole rings is 2. The summed E-state index contributed by atoms with van der Waals surface area (Å²) in [6.45, 7) is 4.48. The van der Waals surface area contributed by atoms with Crippen molar-refractivity contribution in [1.82, 2.24) is 24.8 Å². The van der Waals surface area contributed by atoms with Gasteiger partial charge in [0.15, 0.2) is 5.96 Å². The molecule has 0 aromatic carbocycles. The maximum Gasteiger partial charge on any atom is 0.188 e. The monoisotopic (exact) mass is 321 g/mol. The fraction of sp³-hybridized carbons (Fsp3) is 0.500. The van der Waals surface area contributed by atoms with Gasteiger partial charge in [-0.05, 0) is 13.3 Å². The normalized spacial score (nSPS) is 11.8. The van der Waals surface area contributed by atoms with Crippen LogP contribution in [0.15, 0.2) is 30.0 Å². The van der Waals surface area contributed by atoms with Crippen LogP contribution < -0.4 is 11.1 Å². The van der Waals surface area contributed by atoms with Crippen molar-refractivity contribution < 1.29 is 0 Å². The van der Waals surface area contributed by atoms with Gasteiger partial charge < -0.3 is 20.6 Å². The molecule has 22 heavy (non-hydrogen) atoms. The van der Waals surface area contributed by atoms with Gasteiger partial charge in [-0.2, -0.15) is 11.8 Å². The highest BCUT2D eigenvalue weighted by Gasteiger charge is 2.00. The lowest BCUT2D eigenvalue weighted by Gasteiger charge is -2.05. The molecule has 0 fully saturated rings. The van der Waals surface area contributed by atoms with Gasteiger partial charge >= 0.3 is 0 Å². The molecule has 120 valence electrons. The van der Waals surface area contributed by atoms with E-state index < -0.39 is 0 Å². The molecule has 0 saturated carbocycles. The van der Waals surface area contributed by atoms with Crippen LogP contribution in [0.2, 0.25) is 0 Å². The highest BCUT2D eigenvalue weighted by atomic mass is 32.2. The van der Waals surface area contributed by atoms with Crippen molar-refractivity contribution in [2.45, 2.75) is 25.6 Å². The van der Waals surface area contributed by atoms with E-state index in [9.17, 15) is 0 Å². The lowest BCUT2D eigenvalue weighted by molar-refractivity contribution is 0.649. The van der Waals surface area contributed by atoms with Gasteiger partial charge in [0.05, 0.1) is 18.3 Å². The summed E-state index contributed by atoms with van der Waals surface area (Å²) in [6, 6.07) is 0. The number of aliphatic imine (C=N–C) groups is 1. The van der Waals surface area contributed by atoms with E-state index in [1.54, 1.807) is 12.5 Å². The van der Waals surface area contributed by atoms with E-state index in [0.717, 1.165) is 48.9 Å². The summed E-state index contributed by atoms with van der Waals surface area (Å²) in [7, 11) is 0. The van der Waals surface area contributed by atoms with Crippen LogP contribution in [-0.2, 0) is 12.3 Å². The molecule has 0 aliphatic carbocycles. The first-order chi connectivity index (χ1) is 10.8. The van der Waals surface area contributed by atoms with E-state index in [2.05, 4.69) is 25.3 Å². The minimum Gasteiger partial charge on any atom is -0.370 e. The van der Waals surface area contributed by atoms with Crippen molar-refractivity contribution in [3.05, 3.63) is 36.4 Å². The molecule has 0 spiro atoms. The number of guanidine groups is 1. The lowest BCUT2D eigenvalue weighted by Crippen LogP contribution is -2.33. The predicted octanol–water partition coefficient (Wildman–Crippen LogP) is 1.14. The lowest BCUT2D eigenvalue weighted by atomic mass is 10.4. The van der Waals surface area contributed by atoms with Crippen molar-refractivity contribution in [2.24, 2.45) is 10.7 Å². The van der Waals surface area contributed by atoms with Crippen LogP contribution in [0.1, 0.15) is 17.8 Å². The van der Waals surface area contributed by atoms with Gasteiger partial charge in [0.2, 0.25) is 0 Å². The molecule has 0 unspecified atom stereocenters. The Kier molecular flexibility index (Phi) is 6.82. The summed E-state index contributed by atoms with van der Waals surface area (Å²) in [5.41, 5.74) is 8.08. The third-order valence-corrected chi connectivity index (χ3v) is 4.11. The first-order valence-corrected chi connectivity index (χ1v) is 8.47. The summed E-state index contributed by atoms with van der Waals surface area (Å²) in [5.74, 6) is 2.40.